The predicted octanol–water partition coefficient (Wildman–Crippen LogP) is 4.18. The molecule has 0 aliphatic heterocycles. The van der Waals surface area contributed by atoms with Gasteiger partial charge in [0.2, 0.25) is 0 Å². The Hall–Kier alpha value is -1.36. The molecule has 0 aromatic heterocycles. The van der Waals surface area contributed by atoms with E-state index in [1.54, 1.807) is 7.11 Å². The van der Waals surface area contributed by atoms with E-state index in [-0.39, 0.29) is 17.0 Å². The van der Waals surface area contributed by atoms with Gasteiger partial charge < -0.3 is 14.8 Å². The lowest BCUT2D eigenvalue weighted by Gasteiger charge is -2.13. The molecule has 0 bridgehead atoms. The summed E-state index contributed by atoms with van der Waals surface area (Å²) < 4.78 is 10.9. The summed E-state index contributed by atoms with van der Waals surface area (Å²) in [5, 5.41) is 3.41. The lowest BCUT2D eigenvalue weighted by Crippen LogP contribution is -2.29. The van der Waals surface area contributed by atoms with Gasteiger partial charge in [0.15, 0.2) is 0 Å². The van der Waals surface area contributed by atoms with Crippen LogP contribution in [0.4, 0.5) is 0 Å². The van der Waals surface area contributed by atoms with E-state index in [9.17, 15) is 0 Å². The molecule has 1 unspecified atom stereocenters. The Balaban J connectivity index is 0.00000220. The van der Waals surface area contributed by atoms with Crippen molar-refractivity contribution in [2.75, 3.05) is 13.7 Å². The zero-order valence-corrected chi connectivity index (χ0v) is 14.1. The van der Waals surface area contributed by atoms with E-state index in [1.165, 1.54) is 5.56 Å². The molecule has 1 N–H and O–H groups in total. The number of methoxy groups -OCH3 is 1. The molecule has 0 saturated heterocycles. The number of rotatable bonds is 7. The van der Waals surface area contributed by atoms with Crippen LogP contribution in [-0.2, 0) is 11.3 Å². The number of hydrogen-bond acceptors (Lipinski definition) is 3. The third-order valence-electron chi connectivity index (χ3n) is 2.95. The quantitative estimate of drug-likeness (QED) is 0.811. The lowest BCUT2D eigenvalue weighted by atomic mass is 10.2. The molecule has 0 aliphatic rings. The van der Waals surface area contributed by atoms with Crippen LogP contribution < -0.4 is 10.1 Å². The number of nitrogens with one attached hydrogen (secondary N) is 1. The molecular weight excluding hydrogens is 330 g/mol. The van der Waals surface area contributed by atoms with Gasteiger partial charge in [0.25, 0.3) is 0 Å². The van der Waals surface area contributed by atoms with Crippen molar-refractivity contribution in [3.63, 3.8) is 0 Å². The van der Waals surface area contributed by atoms with E-state index in [2.05, 4.69) is 24.4 Å². The molecule has 0 heterocycles. The topological polar surface area (TPSA) is 30.5 Å². The van der Waals surface area contributed by atoms with Gasteiger partial charge in [-0.1, -0.05) is 30.3 Å². The fraction of sp³-hybridized carbons (Fsp3) is 0.294. The largest absolute Gasteiger partial charge is 0.457 e. The highest BCUT2D eigenvalue weighted by Crippen LogP contribution is 2.21. The van der Waals surface area contributed by atoms with Crippen LogP contribution in [-0.4, -0.2) is 19.8 Å². The van der Waals surface area contributed by atoms with Gasteiger partial charge in [-0.3, -0.25) is 0 Å². The Morgan fingerprint density at radius 3 is 2.43 bits per heavy atom. The third-order valence-corrected chi connectivity index (χ3v) is 2.95. The Morgan fingerprint density at radius 1 is 1.00 bits per heavy atom. The van der Waals surface area contributed by atoms with Gasteiger partial charge in [0.1, 0.15) is 11.5 Å². The van der Waals surface area contributed by atoms with E-state index in [1.807, 2.05) is 42.5 Å². The van der Waals surface area contributed by atoms with Crippen LogP contribution in [0.15, 0.2) is 54.6 Å². The van der Waals surface area contributed by atoms with Crippen LogP contribution in [0.3, 0.4) is 0 Å². The second kappa shape index (κ2) is 9.55. The number of hydrogen-bond donors (Lipinski definition) is 1. The summed E-state index contributed by atoms with van der Waals surface area (Å²) in [6, 6.07) is 18.3. The van der Waals surface area contributed by atoms with Crippen molar-refractivity contribution in [3.05, 3.63) is 60.2 Å². The van der Waals surface area contributed by atoms with Crippen LogP contribution in [0.5, 0.6) is 11.5 Å². The molecule has 2 aromatic carbocycles. The minimum atomic E-state index is 0. The van der Waals surface area contributed by atoms with Gasteiger partial charge in [0, 0.05) is 19.7 Å². The average Bonchev–Trinajstić information content (AvgIpc) is 2.47. The number of ether oxygens (including phenoxy) is 2. The summed E-state index contributed by atoms with van der Waals surface area (Å²) in [5.74, 6) is 1.71. The maximum Gasteiger partial charge on any atom is 0.127 e. The fourth-order valence-corrected chi connectivity index (χ4v) is 1.94. The average molecular weight is 352 g/mol. The van der Waals surface area contributed by atoms with E-state index in [4.69, 9.17) is 9.47 Å². The zero-order valence-electron chi connectivity index (χ0n) is 12.4. The number of halogens is 1. The predicted molar refractivity (Wildman–Crippen MR) is 91.5 cm³/mol. The second-order valence-corrected chi connectivity index (χ2v) is 4.80. The van der Waals surface area contributed by atoms with E-state index < -0.39 is 0 Å². The van der Waals surface area contributed by atoms with Crippen LogP contribution in [0.1, 0.15) is 12.5 Å². The Bertz CT molecular complexity index is 519. The van der Waals surface area contributed by atoms with Crippen molar-refractivity contribution < 1.29 is 9.47 Å². The van der Waals surface area contributed by atoms with Crippen molar-refractivity contribution in [1.82, 2.24) is 5.32 Å². The Labute approximate surface area is 137 Å². The van der Waals surface area contributed by atoms with Crippen LogP contribution >= 0.6 is 17.0 Å². The minimum absolute atomic E-state index is 0. The van der Waals surface area contributed by atoms with Gasteiger partial charge in [-0.2, -0.15) is 0 Å². The molecule has 0 radical (unpaired) electrons. The van der Waals surface area contributed by atoms with Crippen LogP contribution in [0.25, 0.3) is 0 Å². The maximum atomic E-state index is 5.82. The van der Waals surface area contributed by atoms with Gasteiger partial charge in [0.05, 0.1) is 6.61 Å². The number of para-hydroxylation sites is 1. The van der Waals surface area contributed by atoms with Crippen molar-refractivity contribution in [2.24, 2.45) is 0 Å². The van der Waals surface area contributed by atoms with E-state index in [0.717, 1.165) is 18.0 Å². The Morgan fingerprint density at radius 2 is 1.71 bits per heavy atom. The molecule has 0 amide bonds. The molecule has 0 aliphatic carbocycles. The van der Waals surface area contributed by atoms with Crippen LogP contribution in [0, 0.1) is 0 Å². The monoisotopic (exact) mass is 351 g/mol. The summed E-state index contributed by atoms with van der Waals surface area (Å²) in [6.07, 6.45) is 0. The fourth-order valence-electron chi connectivity index (χ4n) is 1.94. The summed E-state index contributed by atoms with van der Waals surface area (Å²) in [7, 11) is 1.71. The highest BCUT2D eigenvalue weighted by Gasteiger charge is 2.02. The van der Waals surface area contributed by atoms with E-state index >= 15 is 0 Å². The smallest absolute Gasteiger partial charge is 0.127 e. The first-order valence-electron chi connectivity index (χ1n) is 6.82. The molecular formula is C17H22BrNO2. The minimum Gasteiger partial charge on any atom is -0.457 e. The molecule has 1 atom stereocenters. The molecule has 3 nitrogen and oxygen atoms in total. The molecule has 0 saturated carbocycles. The molecule has 114 valence electrons. The second-order valence-electron chi connectivity index (χ2n) is 4.80. The first-order chi connectivity index (χ1) is 9.78. The molecule has 0 spiro atoms. The first-order valence-corrected chi connectivity index (χ1v) is 6.82. The summed E-state index contributed by atoms with van der Waals surface area (Å²) in [6.45, 7) is 3.62. The summed E-state index contributed by atoms with van der Waals surface area (Å²) >= 11 is 0. The van der Waals surface area contributed by atoms with Crippen LogP contribution in [0.2, 0.25) is 0 Å². The highest BCUT2D eigenvalue weighted by molar-refractivity contribution is 8.93. The van der Waals surface area contributed by atoms with Gasteiger partial charge >= 0.3 is 0 Å². The molecule has 21 heavy (non-hydrogen) atoms. The standard InChI is InChI=1S/C17H21NO2.BrH/c1-14(13-19-2)18-12-15-7-6-10-17(11-15)20-16-8-4-3-5-9-16;/h3-11,14,18H,12-13H2,1-2H3;1H. The Kier molecular flexibility index (Phi) is 8.05. The summed E-state index contributed by atoms with van der Waals surface area (Å²) in [4.78, 5) is 0. The highest BCUT2D eigenvalue weighted by atomic mass is 79.9. The molecule has 2 rings (SSSR count). The molecule has 2 aromatic rings. The van der Waals surface area contributed by atoms with E-state index in [0.29, 0.717) is 12.6 Å². The SMILES string of the molecule is Br.COCC(C)NCc1cccc(Oc2ccccc2)c1. The normalized spacial score (nSPS) is 11.5. The van der Waals surface area contributed by atoms with Crippen molar-refractivity contribution in [3.8, 4) is 11.5 Å². The maximum absolute atomic E-state index is 5.82. The number of benzene rings is 2. The first kappa shape index (κ1) is 17.7. The van der Waals surface area contributed by atoms with Gasteiger partial charge in [-0.25, -0.2) is 0 Å². The molecule has 4 heteroatoms. The lowest BCUT2D eigenvalue weighted by molar-refractivity contribution is 0.171. The van der Waals surface area contributed by atoms with Gasteiger partial charge in [-0.15, -0.1) is 17.0 Å². The molecule has 0 fully saturated rings. The zero-order chi connectivity index (χ0) is 14.2. The van der Waals surface area contributed by atoms with Gasteiger partial charge in [-0.05, 0) is 36.8 Å². The third kappa shape index (κ3) is 6.29. The summed E-state index contributed by atoms with van der Waals surface area (Å²) in [5.41, 5.74) is 1.20. The van der Waals surface area contributed by atoms with Crippen molar-refractivity contribution in [1.29, 1.82) is 0 Å². The van der Waals surface area contributed by atoms with Crippen molar-refractivity contribution in [2.45, 2.75) is 19.5 Å². The van der Waals surface area contributed by atoms with Crippen molar-refractivity contribution >= 4 is 17.0 Å².